The second kappa shape index (κ2) is 11.5. The maximum absolute atomic E-state index is 13.7. The zero-order chi connectivity index (χ0) is 26.3. The summed E-state index contributed by atoms with van der Waals surface area (Å²) < 4.78 is 53.6. The van der Waals surface area contributed by atoms with Gasteiger partial charge in [0, 0.05) is 22.8 Å². The molecule has 3 N–H and O–H groups in total. The first kappa shape index (κ1) is 27.2. The number of carbonyl (C=O) groups is 1. The number of alkyl halides is 3. The average molecular weight is 521 g/mol. The van der Waals surface area contributed by atoms with Crippen LogP contribution >= 0.6 is 7.14 Å². The Morgan fingerprint density at radius 3 is 2.39 bits per heavy atom. The van der Waals surface area contributed by atoms with Gasteiger partial charge in [-0.3, -0.25) is 9.63 Å². The van der Waals surface area contributed by atoms with Crippen molar-refractivity contribution in [2.45, 2.75) is 25.9 Å². The van der Waals surface area contributed by atoms with E-state index in [0.29, 0.717) is 29.4 Å². The smallest absolute Gasteiger partial charge is 0.339 e. The number of para-hydroxylation sites is 1. The van der Waals surface area contributed by atoms with Crippen LogP contribution in [0.2, 0.25) is 0 Å². The molecule has 2 aromatic carbocycles. The lowest BCUT2D eigenvalue weighted by Gasteiger charge is -2.18. The topological polar surface area (TPSA) is 105 Å². The predicted molar refractivity (Wildman–Crippen MR) is 134 cm³/mol. The maximum Gasteiger partial charge on any atom is 0.421 e. The molecule has 0 bridgehead atoms. The summed E-state index contributed by atoms with van der Waals surface area (Å²) in [6.45, 7) is 5.48. The Balaban J connectivity index is 1.82. The zero-order valence-corrected chi connectivity index (χ0v) is 20.9. The van der Waals surface area contributed by atoms with Gasteiger partial charge >= 0.3 is 6.18 Å². The average Bonchev–Trinajstić information content (AvgIpc) is 2.81. The van der Waals surface area contributed by atoms with E-state index in [4.69, 9.17) is 4.84 Å². The Morgan fingerprint density at radius 1 is 1.06 bits per heavy atom. The first-order valence-electron chi connectivity index (χ1n) is 11.1. The highest BCUT2D eigenvalue weighted by Gasteiger charge is 2.35. The summed E-state index contributed by atoms with van der Waals surface area (Å²) in [5.74, 6) is -1.00. The van der Waals surface area contributed by atoms with Gasteiger partial charge in [-0.1, -0.05) is 25.5 Å². The van der Waals surface area contributed by atoms with E-state index in [1.165, 1.54) is 25.5 Å². The number of nitrogens with zero attached hydrogens (tertiary/aromatic N) is 2. The molecule has 1 aromatic heterocycles. The second-order valence-corrected chi connectivity index (χ2v) is 11.5. The van der Waals surface area contributed by atoms with E-state index < -0.39 is 30.6 Å². The fourth-order valence-corrected chi connectivity index (χ4v) is 4.30. The van der Waals surface area contributed by atoms with Crippen molar-refractivity contribution in [1.29, 1.82) is 0 Å². The van der Waals surface area contributed by atoms with Crippen LogP contribution in [0, 0.1) is 0 Å². The molecule has 3 aromatic rings. The molecule has 0 fully saturated rings. The summed E-state index contributed by atoms with van der Waals surface area (Å²) in [5, 5.41) is 5.92. The number of halogens is 3. The molecular weight excluding hydrogens is 494 g/mol. The number of nitrogens with one attached hydrogen (secondary N) is 3. The highest BCUT2D eigenvalue weighted by atomic mass is 31.2. The molecule has 1 heterocycles. The molecule has 0 saturated carbocycles. The van der Waals surface area contributed by atoms with Crippen LogP contribution in [0.4, 0.5) is 36.3 Å². The monoisotopic (exact) mass is 521 g/mol. The van der Waals surface area contributed by atoms with E-state index in [1.807, 2.05) is 6.92 Å². The third-order valence-corrected chi connectivity index (χ3v) is 6.55. The van der Waals surface area contributed by atoms with Crippen molar-refractivity contribution in [2.24, 2.45) is 0 Å². The molecule has 0 saturated heterocycles. The number of anilines is 4. The molecule has 36 heavy (non-hydrogen) atoms. The van der Waals surface area contributed by atoms with Gasteiger partial charge in [0.2, 0.25) is 5.95 Å². The number of rotatable bonds is 10. The summed E-state index contributed by atoms with van der Waals surface area (Å²) >= 11 is 0. The Bertz CT molecular complexity index is 1250. The number of hydrogen-bond acceptors (Lipinski definition) is 7. The van der Waals surface area contributed by atoms with Gasteiger partial charge in [0.15, 0.2) is 0 Å². The van der Waals surface area contributed by atoms with Crippen molar-refractivity contribution < 1.29 is 27.4 Å². The molecule has 12 heteroatoms. The number of carbonyl (C=O) groups excluding carboxylic acids is 1. The van der Waals surface area contributed by atoms with Gasteiger partial charge < -0.3 is 15.2 Å². The number of hydrogen-bond donors (Lipinski definition) is 3. The quantitative estimate of drug-likeness (QED) is 0.179. The molecule has 0 aliphatic rings. The van der Waals surface area contributed by atoms with Gasteiger partial charge in [-0.15, -0.1) is 0 Å². The predicted octanol–water partition coefficient (Wildman–Crippen LogP) is 5.69. The Labute approximate surface area is 207 Å². The van der Waals surface area contributed by atoms with Crippen molar-refractivity contribution in [3.05, 3.63) is 65.9 Å². The van der Waals surface area contributed by atoms with Crippen LogP contribution in [0.25, 0.3) is 0 Å². The SMILES string of the molecule is CCCCONC(=O)c1ccc(Nc2ncc(C(F)(F)F)c(Nc3ccccc3P(C)(C)=O)n2)cc1. The molecule has 1 amide bonds. The van der Waals surface area contributed by atoms with Crippen LogP contribution in [-0.2, 0) is 15.6 Å². The standard InChI is InChI=1S/C24H27F3N5O3P/c1-4-5-14-35-32-22(33)16-10-12-17(13-11-16)29-23-28-15-18(24(25,26)27)21(31-23)30-19-8-6-7-9-20(19)36(2,3)34/h6-13,15H,4-5,14H2,1-3H3,(H,32,33)(H2,28,29,30,31). The van der Waals surface area contributed by atoms with Crippen LogP contribution in [0.3, 0.4) is 0 Å². The Morgan fingerprint density at radius 2 is 1.75 bits per heavy atom. The van der Waals surface area contributed by atoms with Crippen molar-refractivity contribution in [3.63, 3.8) is 0 Å². The summed E-state index contributed by atoms with van der Waals surface area (Å²) in [6.07, 6.45) is -2.29. The first-order valence-corrected chi connectivity index (χ1v) is 13.7. The van der Waals surface area contributed by atoms with E-state index in [1.54, 1.807) is 36.4 Å². The highest BCUT2D eigenvalue weighted by Crippen LogP contribution is 2.40. The molecule has 0 spiro atoms. The molecular formula is C24H27F3N5O3P. The molecule has 8 nitrogen and oxygen atoms in total. The van der Waals surface area contributed by atoms with E-state index in [0.717, 1.165) is 12.8 Å². The first-order chi connectivity index (χ1) is 17.0. The second-order valence-electron chi connectivity index (χ2n) is 8.28. The van der Waals surface area contributed by atoms with Gasteiger partial charge in [-0.05, 0) is 56.1 Å². The summed E-state index contributed by atoms with van der Waals surface area (Å²) in [7, 11) is -2.78. The van der Waals surface area contributed by atoms with Gasteiger partial charge in [-0.2, -0.15) is 18.2 Å². The van der Waals surface area contributed by atoms with Crippen LogP contribution in [-0.4, -0.2) is 35.8 Å². The number of aromatic nitrogens is 2. The van der Waals surface area contributed by atoms with Gasteiger partial charge in [-0.25, -0.2) is 10.5 Å². The fraction of sp³-hybridized carbons (Fsp3) is 0.292. The number of amides is 1. The van der Waals surface area contributed by atoms with Gasteiger partial charge in [0.25, 0.3) is 5.91 Å². The summed E-state index contributed by atoms with van der Waals surface area (Å²) in [5.41, 5.74) is 2.34. The molecule has 0 aliphatic heterocycles. The normalized spacial score (nSPS) is 11.7. The minimum absolute atomic E-state index is 0.0979. The van der Waals surface area contributed by atoms with E-state index in [2.05, 4.69) is 26.1 Å². The van der Waals surface area contributed by atoms with Gasteiger partial charge in [0.05, 0.1) is 12.3 Å². The highest BCUT2D eigenvalue weighted by molar-refractivity contribution is 7.70. The third-order valence-electron chi connectivity index (χ3n) is 5.00. The van der Waals surface area contributed by atoms with Crippen LogP contribution in [0.1, 0.15) is 35.7 Å². The summed E-state index contributed by atoms with van der Waals surface area (Å²) in [6, 6.07) is 12.6. The third kappa shape index (κ3) is 7.29. The van der Waals surface area contributed by atoms with Gasteiger partial charge in [0.1, 0.15) is 18.5 Å². The van der Waals surface area contributed by atoms with E-state index in [-0.39, 0.29) is 11.6 Å². The lowest BCUT2D eigenvalue weighted by atomic mass is 10.2. The zero-order valence-electron chi connectivity index (χ0n) is 20.0. The molecule has 0 radical (unpaired) electrons. The molecule has 0 atom stereocenters. The van der Waals surface area contributed by atoms with E-state index in [9.17, 15) is 22.5 Å². The summed E-state index contributed by atoms with van der Waals surface area (Å²) in [4.78, 5) is 25.0. The Hall–Kier alpha value is -3.43. The number of benzene rings is 2. The Kier molecular flexibility index (Phi) is 8.70. The molecule has 192 valence electrons. The lowest BCUT2D eigenvalue weighted by Crippen LogP contribution is -2.24. The minimum Gasteiger partial charge on any atom is -0.339 e. The molecule has 0 aliphatic carbocycles. The fourth-order valence-electron chi connectivity index (χ4n) is 3.15. The van der Waals surface area contributed by atoms with Crippen molar-refractivity contribution in [3.8, 4) is 0 Å². The molecule has 0 unspecified atom stereocenters. The molecule has 3 rings (SSSR count). The number of hydroxylamine groups is 1. The van der Waals surface area contributed by atoms with Crippen LogP contribution < -0.4 is 21.4 Å². The van der Waals surface area contributed by atoms with Crippen LogP contribution in [0.5, 0.6) is 0 Å². The van der Waals surface area contributed by atoms with Crippen molar-refractivity contribution >= 4 is 41.5 Å². The minimum atomic E-state index is -4.72. The van der Waals surface area contributed by atoms with Crippen LogP contribution in [0.15, 0.2) is 54.7 Å². The van der Waals surface area contributed by atoms with Crippen molar-refractivity contribution in [1.82, 2.24) is 15.4 Å². The number of unbranched alkanes of at least 4 members (excludes halogenated alkanes) is 1. The maximum atomic E-state index is 13.7. The largest absolute Gasteiger partial charge is 0.421 e. The van der Waals surface area contributed by atoms with Crippen molar-refractivity contribution in [2.75, 3.05) is 30.6 Å². The lowest BCUT2D eigenvalue weighted by molar-refractivity contribution is -0.137. The van der Waals surface area contributed by atoms with E-state index >= 15 is 0 Å².